The number of hydrogen-bond donors (Lipinski definition) is 2. The summed E-state index contributed by atoms with van der Waals surface area (Å²) in [7, 11) is 1.80. The molecule has 2 nitrogen and oxygen atoms in total. The molecule has 0 bridgehead atoms. The van der Waals surface area contributed by atoms with Crippen molar-refractivity contribution in [2.45, 2.75) is 6.92 Å². The van der Waals surface area contributed by atoms with Gasteiger partial charge in [0.2, 0.25) is 0 Å². The van der Waals surface area contributed by atoms with Crippen LogP contribution in [0.2, 0.25) is 0 Å². The highest BCUT2D eigenvalue weighted by atomic mass is 19.1. The molecule has 0 saturated heterocycles. The third-order valence-electron chi connectivity index (χ3n) is 2.05. The van der Waals surface area contributed by atoms with Gasteiger partial charge in [0.1, 0.15) is 5.82 Å². The van der Waals surface area contributed by atoms with E-state index < -0.39 is 0 Å². The largest absolute Gasteiger partial charge is 0.261 e. The predicted octanol–water partition coefficient (Wildman–Crippen LogP) is 1.87. The van der Waals surface area contributed by atoms with Gasteiger partial charge in [-0.2, -0.15) is 0 Å². The van der Waals surface area contributed by atoms with Gasteiger partial charge < -0.3 is 0 Å². The minimum Gasteiger partial charge on any atom is -0.261 e. The van der Waals surface area contributed by atoms with Gasteiger partial charge in [-0.25, -0.2) is 4.39 Å². The number of nitrogens with one attached hydrogen (secondary N) is 2. The average molecular weight is 194 g/mol. The Hall–Kier alpha value is -1.19. The summed E-state index contributed by atoms with van der Waals surface area (Å²) in [6.07, 6.45) is 0. The second kappa shape index (κ2) is 4.88. The van der Waals surface area contributed by atoms with E-state index in [1.165, 1.54) is 12.1 Å². The van der Waals surface area contributed by atoms with Gasteiger partial charge in [0, 0.05) is 6.54 Å². The second-order valence-corrected chi connectivity index (χ2v) is 3.17. The molecule has 0 fully saturated rings. The molecule has 0 aliphatic carbocycles. The Balaban J connectivity index is 2.80. The van der Waals surface area contributed by atoms with Crippen LogP contribution in [0.5, 0.6) is 0 Å². The standard InChI is InChI=1S/C11H15FN2/c1-8-6-10(12)4-5-11(8)9(2)7-14-13-3/h4-6,13-14H,2,7H2,1,3H3. The summed E-state index contributed by atoms with van der Waals surface area (Å²) in [5, 5.41) is 0. The number of hydrazine groups is 1. The minimum atomic E-state index is -0.208. The van der Waals surface area contributed by atoms with E-state index in [2.05, 4.69) is 17.4 Å². The molecule has 14 heavy (non-hydrogen) atoms. The monoisotopic (exact) mass is 194 g/mol. The first-order valence-corrected chi connectivity index (χ1v) is 4.49. The summed E-state index contributed by atoms with van der Waals surface area (Å²) in [4.78, 5) is 0. The maximum absolute atomic E-state index is 12.8. The molecule has 0 heterocycles. The highest BCUT2D eigenvalue weighted by Gasteiger charge is 2.03. The van der Waals surface area contributed by atoms with Crippen LogP contribution in [0.3, 0.4) is 0 Å². The molecule has 76 valence electrons. The van der Waals surface area contributed by atoms with Crippen molar-refractivity contribution < 1.29 is 4.39 Å². The van der Waals surface area contributed by atoms with E-state index in [-0.39, 0.29) is 5.82 Å². The first-order valence-electron chi connectivity index (χ1n) is 4.49. The number of halogens is 1. The molecule has 3 heteroatoms. The van der Waals surface area contributed by atoms with Crippen LogP contribution in [0.4, 0.5) is 4.39 Å². The molecule has 0 amide bonds. The van der Waals surface area contributed by atoms with Crippen LogP contribution in [0.15, 0.2) is 24.8 Å². The summed E-state index contributed by atoms with van der Waals surface area (Å²) in [6, 6.07) is 4.72. The van der Waals surface area contributed by atoms with E-state index in [1.807, 2.05) is 6.92 Å². The van der Waals surface area contributed by atoms with Gasteiger partial charge in [0.05, 0.1) is 0 Å². The van der Waals surface area contributed by atoms with Crippen molar-refractivity contribution in [2.24, 2.45) is 0 Å². The molecule has 1 aromatic carbocycles. The summed E-state index contributed by atoms with van der Waals surface area (Å²) >= 11 is 0. The normalized spacial score (nSPS) is 10.2. The van der Waals surface area contributed by atoms with E-state index >= 15 is 0 Å². The van der Waals surface area contributed by atoms with Gasteiger partial charge in [-0.15, -0.1) is 0 Å². The maximum Gasteiger partial charge on any atom is 0.123 e. The van der Waals surface area contributed by atoms with Gasteiger partial charge in [0.15, 0.2) is 0 Å². The molecule has 0 atom stereocenters. The van der Waals surface area contributed by atoms with Crippen LogP contribution in [0.25, 0.3) is 5.57 Å². The number of aryl methyl sites for hydroxylation is 1. The van der Waals surface area contributed by atoms with Crippen molar-refractivity contribution in [3.63, 3.8) is 0 Å². The van der Waals surface area contributed by atoms with Gasteiger partial charge in [-0.3, -0.25) is 10.9 Å². The molecule has 2 N–H and O–H groups in total. The SMILES string of the molecule is C=C(CNNC)c1ccc(F)cc1C. The fraction of sp³-hybridized carbons (Fsp3) is 0.273. The first-order chi connectivity index (χ1) is 6.65. The van der Waals surface area contributed by atoms with Crippen LogP contribution in [0.1, 0.15) is 11.1 Å². The topological polar surface area (TPSA) is 24.1 Å². The number of rotatable bonds is 4. The number of benzene rings is 1. The van der Waals surface area contributed by atoms with Crippen LogP contribution < -0.4 is 10.9 Å². The molecule has 0 aliphatic heterocycles. The molecular weight excluding hydrogens is 179 g/mol. The van der Waals surface area contributed by atoms with E-state index in [1.54, 1.807) is 13.1 Å². The first kappa shape index (κ1) is 10.9. The smallest absolute Gasteiger partial charge is 0.123 e. The van der Waals surface area contributed by atoms with Gasteiger partial charge in [-0.1, -0.05) is 12.6 Å². The molecule has 0 aliphatic rings. The lowest BCUT2D eigenvalue weighted by Gasteiger charge is -2.09. The Morgan fingerprint density at radius 2 is 2.21 bits per heavy atom. The zero-order chi connectivity index (χ0) is 10.6. The Kier molecular flexibility index (Phi) is 3.80. The van der Waals surface area contributed by atoms with Crippen molar-refractivity contribution in [1.82, 2.24) is 10.9 Å². The second-order valence-electron chi connectivity index (χ2n) is 3.17. The Morgan fingerprint density at radius 1 is 1.50 bits per heavy atom. The molecule has 0 aromatic heterocycles. The summed E-state index contributed by atoms with van der Waals surface area (Å²) in [6.45, 7) is 6.45. The molecule has 1 rings (SSSR count). The minimum absolute atomic E-state index is 0.208. The lowest BCUT2D eigenvalue weighted by Crippen LogP contribution is -2.28. The van der Waals surface area contributed by atoms with Gasteiger partial charge >= 0.3 is 0 Å². The highest BCUT2D eigenvalue weighted by Crippen LogP contribution is 2.17. The van der Waals surface area contributed by atoms with Crippen LogP contribution >= 0.6 is 0 Å². The zero-order valence-electron chi connectivity index (χ0n) is 8.52. The summed E-state index contributed by atoms with van der Waals surface area (Å²) < 4.78 is 12.8. The molecule has 0 saturated carbocycles. The van der Waals surface area contributed by atoms with E-state index in [4.69, 9.17) is 0 Å². The van der Waals surface area contributed by atoms with Gasteiger partial charge in [0.25, 0.3) is 0 Å². The van der Waals surface area contributed by atoms with E-state index in [0.717, 1.165) is 16.7 Å². The molecule has 0 unspecified atom stereocenters. The summed E-state index contributed by atoms with van der Waals surface area (Å²) in [5.74, 6) is -0.208. The fourth-order valence-corrected chi connectivity index (χ4v) is 1.31. The Bertz CT molecular complexity index is 334. The molecular formula is C11H15FN2. The lowest BCUT2D eigenvalue weighted by atomic mass is 10.0. The Morgan fingerprint density at radius 3 is 2.79 bits per heavy atom. The van der Waals surface area contributed by atoms with Crippen molar-refractivity contribution in [2.75, 3.05) is 13.6 Å². The quantitative estimate of drug-likeness (QED) is 0.715. The van der Waals surface area contributed by atoms with Crippen molar-refractivity contribution >= 4 is 5.57 Å². The average Bonchev–Trinajstić information content (AvgIpc) is 2.14. The molecule has 0 radical (unpaired) electrons. The molecule has 0 spiro atoms. The van der Waals surface area contributed by atoms with Crippen molar-refractivity contribution in [3.8, 4) is 0 Å². The summed E-state index contributed by atoms with van der Waals surface area (Å²) in [5.41, 5.74) is 8.61. The lowest BCUT2D eigenvalue weighted by molar-refractivity contribution is 0.626. The van der Waals surface area contributed by atoms with Crippen LogP contribution in [-0.4, -0.2) is 13.6 Å². The van der Waals surface area contributed by atoms with E-state index in [9.17, 15) is 4.39 Å². The third kappa shape index (κ3) is 2.65. The van der Waals surface area contributed by atoms with Crippen molar-refractivity contribution in [3.05, 3.63) is 41.7 Å². The van der Waals surface area contributed by atoms with Crippen LogP contribution in [0, 0.1) is 12.7 Å². The number of hydrogen-bond acceptors (Lipinski definition) is 2. The zero-order valence-corrected chi connectivity index (χ0v) is 8.52. The fourth-order valence-electron chi connectivity index (χ4n) is 1.31. The van der Waals surface area contributed by atoms with E-state index in [0.29, 0.717) is 6.54 Å². The van der Waals surface area contributed by atoms with Crippen LogP contribution in [-0.2, 0) is 0 Å². The molecule has 1 aromatic rings. The Labute approximate surface area is 83.8 Å². The van der Waals surface area contributed by atoms with Gasteiger partial charge in [-0.05, 0) is 42.8 Å². The maximum atomic E-state index is 12.8. The highest BCUT2D eigenvalue weighted by molar-refractivity contribution is 5.67. The third-order valence-corrected chi connectivity index (χ3v) is 2.05. The van der Waals surface area contributed by atoms with Crippen molar-refractivity contribution in [1.29, 1.82) is 0 Å². The predicted molar refractivity (Wildman–Crippen MR) is 57.2 cm³/mol.